The summed E-state index contributed by atoms with van der Waals surface area (Å²) in [6.45, 7) is 9.14. The molecule has 1 aliphatic rings. The summed E-state index contributed by atoms with van der Waals surface area (Å²) in [7, 11) is 0. The van der Waals surface area contributed by atoms with Gasteiger partial charge in [-0.25, -0.2) is 9.79 Å². The van der Waals surface area contributed by atoms with E-state index >= 15 is 0 Å². The number of ether oxygens (including phenoxy) is 3. The van der Waals surface area contributed by atoms with Crippen LogP contribution < -0.4 is 9.47 Å². The van der Waals surface area contributed by atoms with Gasteiger partial charge in [-0.2, -0.15) is 0 Å². The Morgan fingerprint density at radius 3 is 2.40 bits per heavy atom. The highest BCUT2D eigenvalue weighted by atomic mass is 35.5. The Labute approximate surface area is 211 Å². The number of rotatable bonds is 7. The first-order chi connectivity index (χ1) is 16.7. The first-order valence-corrected chi connectivity index (χ1v) is 11.9. The van der Waals surface area contributed by atoms with E-state index in [0.717, 1.165) is 16.7 Å². The van der Waals surface area contributed by atoms with Gasteiger partial charge in [-0.3, -0.25) is 0 Å². The van der Waals surface area contributed by atoms with Crippen LogP contribution in [0.5, 0.6) is 11.5 Å². The van der Waals surface area contributed by atoms with Gasteiger partial charge in [0.25, 0.3) is 0 Å². The highest BCUT2D eigenvalue weighted by Crippen LogP contribution is 2.32. The van der Waals surface area contributed by atoms with Crippen molar-refractivity contribution in [3.8, 4) is 11.5 Å². The molecule has 35 heavy (non-hydrogen) atoms. The largest absolute Gasteiger partial charge is 0.490 e. The number of carbonyl (C=O) groups excluding carboxylic acids is 1. The molecule has 0 N–H and O–H groups in total. The minimum Gasteiger partial charge on any atom is -0.490 e. The van der Waals surface area contributed by atoms with Gasteiger partial charge in [0.05, 0.1) is 6.61 Å². The quantitative estimate of drug-likeness (QED) is 0.266. The summed E-state index contributed by atoms with van der Waals surface area (Å²) in [4.78, 5) is 16.9. The monoisotopic (exact) mass is 489 g/mol. The van der Waals surface area contributed by atoms with Crippen molar-refractivity contribution in [1.29, 1.82) is 0 Å². The summed E-state index contributed by atoms with van der Waals surface area (Å²) < 4.78 is 17.2. The molecule has 0 fully saturated rings. The van der Waals surface area contributed by atoms with E-state index in [2.05, 4.69) is 25.8 Å². The maximum Gasteiger partial charge on any atom is 0.363 e. The van der Waals surface area contributed by atoms with Gasteiger partial charge in [0.2, 0.25) is 5.90 Å². The van der Waals surface area contributed by atoms with E-state index in [4.69, 9.17) is 25.8 Å². The van der Waals surface area contributed by atoms with Crippen LogP contribution in [-0.2, 0) is 21.6 Å². The number of esters is 1. The molecule has 0 saturated carbocycles. The van der Waals surface area contributed by atoms with Crippen LogP contribution in [0.2, 0.25) is 5.02 Å². The molecular weight excluding hydrogens is 462 g/mol. The van der Waals surface area contributed by atoms with Crippen LogP contribution in [0.4, 0.5) is 0 Å². The van der Waals surface area contributed by atoms with Gasteiger partial charge in [0, 0.05) is 16.1 Å². The highest BCUT2D eigenvalue weighted by molar-refractivity contribution is 6.31. The van der Waals surface area contributed by atoms with E-state index in [-0.39, 0.29) is 11.1 Å². The molecule has 0 aromatic heterocycles. The van der Waals surface area contributed by atoms with Crippen LogP contribution in [0.3, 0.4) is 0 Å². The van der Waals surface area contributed by atoms with Gasteiger partial charge in [-0.15, -0.1) is 0 Å². The maximum absolute atomic E-state index is 12.5. The minimum atomic E-state index is -0.489. The Morgan fingerprint density at radius 1 is 0.971 bits per heavy atom. The molecule has 5 nitrogen and oxygen atoms in total. The third-order valence-corrected chi connectivity index (χ3v) is 5.90. The van der Waals surface area contributed by atoms with Crippen molar-refractivity contribution in [2.75, 3.05) is 6.61 Å². The highest BCUT2D eigenvalue weighted by Gasteiger charge is 2.25. The van der Waals surface area contributed by atoms with Gasteiger partial charge >= 0.3 is 5.97 Å². The van der Waals surface area contributed by atoms with Crippen molar-refractivity contribution < 1.29 is 19.0 Å². The lowest BCUT2D eigenvalue weighted by molar-refractivity contribution is -0.129. The summed E-state index contributed by atoms with van der Waals surface area (Å²) in [6, 6.07) is 20.9. The third kappa shape index (κ3) is 5.92. The molecule has 180 valence electrons. The second-order valence-corrected chi connectivity index (χ2v) is 9.59. The summed E-state index contributed by atoms with van der Waals surface area (Å²) in [6.07, 6.45) is 1.68. The van der Waals surface area contributed by atoms with E-state index in [1.165, 1.54) is 5.56 Å². The van der Waals surface area contributed by atoms with Gasteiger partial charge in [-0.05, 0) is 59.9 Å². The van der Waals surface area contributed by atoms with E-state index < -0.39 is 5.97 Å². The fourth-order valence-electron chi connectivity index (χ4n) is 3.58. The molecule has 4 rings (SSSR count). The molecule has 0 atom stereocenters. The van der Waals surface area contributed by atoms with Crippen LogP contribution in [0.1, 0.15) is 49.9 Å². The number of aliphatic imine (C=N–C) groups is 1. The number of hydrogen-bond donors (Lipinski definition) is 0. The maximum atomic E-state index is 12.5. The Kier molecular flexibility index (Phi) is 7.27. The van der Waals surface area contributed by atoms with Gasteiger partial charge in [0.1, 0.15) is 6.61 Å². The van der Waals surface area contributed by atoms with Crippen LogP contribution in [0.15, 0.2) is 77.4 Å². The van der Waals surface area contributed by atoms with Crippen molar-refractivity contribution >= 4 is 29.5 Å². The average Bonchev–Trinajstić information content (AvgIpc) is 3.19. The Balaban J connectivity index is 1.55. The number of halogens is 1. The Morgan fingerprint density at radius 2 is 1.71 bits per heavy atom. The van der Waals surface area contributed by atoms with Crippen molar-refractivity contribution in [2.24, 2.45) is 4.99 Å². The standard InChI is InChI=1S/C29H28ClNO4/c1-5-33-26-17-19(10-15-25(26)34-18-21-8-6-7-9-23(21)30)16-24-28(32)35-27(31-24)20-11-13-22(14-12-20)29(2,3)4/h6-17H,5,18H2,1-4H3/b24-16-. The molecule has 0 unspecified atom stereocenters. The molecule has 0 aliphatic carbocycles. The lowest BCUT2D eigenvalue weighted by Gasteiger charge is -2.18. The van der Waals surface area contributed by atoms with E-state index in [0.29, 0.717) is 35.6 Å². The van der Waals surface area contributed by atoms with Crippen molar-refractivity contribution in [1.82, 2.24) is 0 Å². The number of carbonyl (C=O) groups is 1. The normalized spacial score (nSPS) is 14.6. The van der Waals surface area contributed by atoms with Crippen LogP contribution >= 0.6 is 11.6 Å². The fraction of sp³-hybridized carbons (Fsp3) is 0.241. The summed E-state index contributed by atoms with van der Waals surface area (Å²) in [5.74, 6) is 0.969. The van der Waals surface area contributed by atoms with E-state index in [9.17, 15) is 4.79 Å². The molecule has 0 amide bonds. The number of benzene rings is 3. The molecule has 6 heteroatoms. The van der Waals surface area contributed by atoms with Gasteiger partial charge < -0.3 is 14.2 Å². The predicted octanol–water partition coefficient (Wildman–Crippen LogP) is 6.96. The van der Waals surface area contributed by atoms with Crippen molar-refractivity contribution in [3.05, 3.63) is 99.7 Å². The molecule has 1 heterocycles. The second kappa shape index (κ2) is 10.4. The van der Waals surface area contributed by atoms with E-state index in [1.54, 1.807) is 6.08 Å². The summed E-state index contributed by atoms with van der Waals surface area (Å²) in [5.41, 5.74) is 3.86. The fourth-order valence-corrected chi connectivity index (χ4v) is 3.77. The zero-order valence-electron chi connectivity index (χ0n) is 20.3. The minimum absolute atomic E-state index is 0.0409. The average molecular weight is 490 g/mol. The Bertz CT molecular complexity index is 1290. The molecule has 0 radical (unpaired) electrons. The zero-order valence-corrected chi connectivity index (χ0v) is 21.1. The smallest absolute Gasteiger partial charge is 0.363 e. The van der Waals surface area contributed by atoms with Crippen LogP contribution in [0.25, 0.3) is 6.08 Å². The first kappa shape index (κ1) is 24.6. The van der Waals surface area contributed by atoms with Crippen LogP contribution in [0, 0.1) is 0 Å². The SMILES string of the molecule is CCOc1cc(/C=C2\N=C(c3ccc(C(C)(C)C)cc3)OC2=O)ccc1OCc1ccccc1Cl. The van der Waals surface area contributed by atoms with Crippen LogP contribution in [-0.4, -0.2) is 18.5 Å². The lowest BCUT2D eigenvalue weighted by Crippen LogP contribution is -2.11. The molecular formula is C29H28ClNO4. The summed E-state index contributed by atoms with van der Waals surface area (Å²) >= 11 is 6.23. The van der Waals surface area contributed by atoms with Gasteiger partial charge in [-0.1, -0.05) is 68.8 Å². The van der Waals surface area contributed by atoms with Crippen molar-refractivity contribution in [3.63, 3.8) is 0 Å². The second-order valence-electron chi connectivity index (χ2n) is 9.18. The molecule has 1 aliphatic heterocycles. The predicted molar refractivity (Wildman–Crippen MR) is 139 cm³/mol. The summed E-state index contributed by atoms with van der Waals surface area (Å²) in [5, 5.41) is 0.647. The number of cyclic esters (lactones) is 1. The third-order valence-electron chi connectivity index (χ3n) is 5.53. The molecule has 0 spiro atoms. The molecule has 0 bridgehead atoms. The molecule has 3 aromatic rings. The molecule has 0 saturated heterocycles. The number of hydrogen-bond acceptors (Lipinski definition) is 5. The van der Waals surface area contributed by atoms with Crippen molar-refractivity contribution in [2.45, 2.75) is 39.7 Å². The number of nitrogens with zero attached hydrogens (tertiary/aromatic N) is 1. The van der Waals surface area contributed by atoms with Gasteiger partial charge in [0.15, 0.2) is 17.2 Å². The topological polar surface area (TPSA) is 57.1 Å². The van der Waals surface area contributed by atoms with E-state index in [1.807, 2.05) is 73.7 Å². The zero-order chi connectivity index (χ0) is 25.0. The Hall–Kier alpha value is -3.57. The molecule has 3 aromatic carbocycles. The lowest BCUT2D eigenvalue weighted by atomic mass is 9.87. The first-order valence-electron chi connectivity index (χ1n) is 11.5.